The van der Waals surface area contributed by atoms with Gasteiger partial charge in [0.15, 0.2) is 0 Å². The van der Waals surface area contributed by atoms with Crippen LogP contribution in [0.5, 0.6) is 5.75 Å². The first kappa shape index (κ1) is 30.0. The zero-order chi connectivity index (χ0) is 24.6. The van der Waals surface area contributed by atoms with E-state index in [0.29, 0.717) is 0 Å². The first-order valence-electron chi connectivity index (χ1n) is 14.0. The molecule has 0 radical (unpaired) electrons. The van der Waals surface area contributed by atoms with E-state index in [1.807, 2.05) is 0 Å². The molecule has 0 bridgehead atoms. The predicted molar refractivity (Wildman–Crippen MR) is 146 cm³/mol. The van der Waals surface area contributed by atoms with Crippen molar-refractivity contribution in [3.63, 3.8) is 0 Å². The van der Waals surface area contributed by atoms with Crippen molar-refractivity contribution < 1.29 is 13.7 Å². The topological polar surface area (TPSA) is 9.23 Å². The summed E-state index contributed by atoms with van der Waals surface area (Å²) in [5.41, 5.74) is 2.76. The fourth-order valence-electron chi connectivity index (χ4n) is 4.58. The van der Waals surface area contributed by atoms with Gasteiger partial charge in [0.1, 0.15) is 18.8 Å². The third-order valence-electron chi connectivity index (χ3n) is 6.11. The summed E-state index contributed by atoms with van der Waals surface area (Å²) >= 11 is 0. The maximum Gasteiger partial charge on any atom is 0.120 e. The van der Waals surface area contributed by atoms with Crippen molar-refractivity contribution in [1.29, 1.82) is 0 Å². The molecule has 33 heavy (non-hydrogen) atoms. The number of rotatable bonds is 20. The third-order valence-corrected chi connectivity index (χ3v) is 6.11. The Hall–Kier alpha value is -1.06. The lowest BCUT2D eigenvalue weighted by atomic mass is 10.0. The molecule has 192 valence electrons. The number of hydrogen-bond acceptors (Lipinski definition) is 1. The normalized spacial score (nSPS) is 12.3. The molecule has 0 aliphatic heterocycles. The molecule has 3 nitrogen and oxygen atoms in total. The molecule has 0 N–H and O–H groups in total. The highest BCUT2D eigenvalue weighted by Gasteiger charge is 2.15. The van der Waals surface area contributed by atoms with Gasteiger partial charge in [0.25, 0.3) is 0 Å². The fourth-order valence-corrected chi connectivity index (χ4v) is 4.58. The summed E-state index contributed by atoms with van der Waals surface area (Å²) in [4.78, 5) is 0. The Labute approximate surface area is 207 Å². The SMILES string of the molecule is CCCCCCCCCCCCCCCCOc1cc(C[N+](C)(C)C)cc(C[N+](C)(C)C)c1. The van der Waals surface area contributed by atoms with Crippen LogP contribution in [0.3, 0.4) is 0 Å². The molecule has 0 spiro atoms. The highest BCUT2D eigenvalue weighted by molar-refractivity contribution is 5.34. The van der Waals surface area contributed by atoms with Crippen molar-refractivity contribution >= 4 is 0 Å². The van der Waals surface area contributed by atoms with Gasteiger partial charge < -0.3 is 13.7 Å². The Bertz CT molecular complexity index is 578. The largest absolute Gasteiger partial charge is 0.494 e. The molecule has 3 heteroatoms. The van der Waals surface area contributed by atoms with Gasteiger partial charge in [-0.25, -0.2) is 0 Å². The summed E-state index contributed by atoms with van der Waals surface area (Å²) in [5.74, 6) is 1.05. The Morgan fingerprint density at radius 1 is 0.515 bits per heavy atom. The maximum atomic E-state index is 6.21. The van der Waals surface area contributed by atoms with Gasteiger partial charge in [-0.3, -0.25) is 0 Å². The monoisotopic (exact) mass is 462 g/mol. The third kappa shape index (κ3) is 18.0. The van der Waals surface area contributed by atoms with Crippen LogP contribution < -0.4 is 4.74 Å². The Morgan fingerprint density at radius 2 is 0.879 bits per heavy atom. The van der Waals surface area contributed by atoms with Crippen molar-refractivity contribution in [2.24, 2.45) is 0 Å². The smallest absolute Gasteiger partial charge is 0.120 e. The summed E-state index contributed by atoms with van der Waals surface area (Å²) < 4.78 is 8.08. The van der Waals surface area contributed by atoms with E-state index in [1.165, 1.54) is 101 Å². The number of ether oxygens (including phenoxy) is 1. The van der Waals surface area contributed by atoms with Gasteiger partial charge in [-0.2, -0.15) is 0 Å². The Morgan fingerprint density at radius 3 is 1.24 bits per heavy atom. The van der Waals surface area contributed by atoms with Crippen LogP contribution in [0, 0.1) is 0 Å². The van der Waals surface area contributed by atoms with E-state index in [2.05, 4.69) is 67.4 Å². The van der Waals surface area contributed by atoms with E-state index in [9.17, 15) is 0 Å². The quantitative estimate of drug-likeness (QED) is 0.141. The van der Waals surface area contributed by atoms with Gasteiger partial charge in [0.05, 0.1) is 48.9 Å². The summed E-state index contributed by atoms with van der Waals surface area (Å²) in [6, 6.07) is 6.88. The van der Waals surface area contributed by atoms with Crippen molar-refractivity contribution in [1.82, 2.24) is 0 Å². The fraction of sp³-hybridized carbons (Fsp3) is 0.800. The van der Waals surface area contributed by atoms with Crippen molar-refractivity contribution in [2.75, 3.05) is 48.9 Å². The van der Waals surface area contributed by atoms with Gasteiger partial charge in [-0.1, -0.05) is 90.4 Å². The second-order valence-corrected chi connectivity index (χ2v) is 12.3. The second kappa shape index (κ2) is 16.5. The Balaban J connectivity index is 2.20. The molecule has 0 aromatic heterocycles. The maximum absolute atomic E-state index is 6.21. The van der Waals surface area contributed by atoms with E-state index in [1.54, 1.807) is 0 Å². The molecule has 0 atom stereocenters. The predicted octanol–water partition coefficient (Wildman–Crippen LogP) is 7.96. The van der Waals surface area contributed by atoms with E-state index < -0.39 is 0 Å². The minimum Gasteiger partial charge on any atom is -0.494 e. The van der Waals surface area contributed by atoms with Crippen LogP contribution in [0.25, 0.3) is 0 Å². The molecule has 1 aromatic carbocycles. The van der Waals surface area contributed by atoms with Gasteiger partial charge in [-0.15, -0.1) is 0 Å². The molecule has 0 unspecified atom stereocenters. The lowest BCUT2D eigenvalue weighted by Crippen LogP contribution is -2.34. The van der Waals surface area contributed by atoms with Crippen LogP contribution in [0.4, 0.5) is 0 Å². The summed E-state index contributed by atoms with van der Waals surface area (Å²) in [7, 11) is 13.5. The van der Waals surface area contributed by atoms with Crippen LogP contribution >= 0.6 is 0 Å². The summed E-state index contributed by atoms with van der Waals surface area (Å²) in [6.45, 7) is 5.19. The number of nitrogens with zero attached hydrogens (tertiary/aromatic N) is 2. The highest BCUT2D eigenvalue weighted by Crippen LogP contribution is 2.22. The van der Waals surface area contributed by atoms with Gasteiger partial charge >= 0.3 is 0 Å². The average molecular weight is 463 g/mol. The molecule has 0 aliphatic rings. The Kier molecular flexibility index (Phi) is 15.0. The average Bonchev–Trinajstić information content (AvgIpc) is 2.68. The van der Waals surface area contributed by atoms with Crippen LogP contribution in [0.2, 0.25) is 0 Å². The van der Waals surface area contributed by atoms with Gasteiger partial charge in [0, 0.05) is 11.1 Å². The highest BCUT2D eigenvalue weighted by atomic mass is 16.5. The van der Waals surface area contributed by atoms with Crippen molar-refractivity contribution in [3.8, 4) is 5.75 Å². The summed E-state index contributed by atoms with van der Waals surface area (Å²) in [5, 5.41) is 0. The van der Waals surface area contributed by atoms with Gasteiger partial charge in [0.2, 0.25) is 0 Å². The minimum atomic E-state index is 0.843. The lowest BCUT2D eigenvalue weighted by Gasteiger charge is -2.26. The molecule has 0 amide bonds. The first-order chi connectivity index (χ1) is 15.6. The van der Waals surface area contributed by atoms with Crippen LogP contribution in [0.15, 0.2) is 18.2 Å². The number of hydrogen-bond donors (Lipinski definition) is 0. The van der Waals surface area contributed by atoms with Crippen LogP contribution in [-0.2, 0) is 13.1 Å². The van der Waals surface area contributed by atoms with Gasteiger partial charge in [-0.05, 0) is 24.6 Å². The molecule has 0 aliphatic carbocycles. The van der Waals surface area contributed by atoms with E-state index in [0.717, 1.165) is 34.4 Å². The molecule has 1 rings (SSSR count). The number of benzene rings is 1. The van der Waals surface area contributed by atoms with Crippen molar-refractivity contribution in [2.45, 2.75) is 110 Å². The lowest BCUT2D eigenvalue weighted by molar-refractivity contribution is -0.884. The number of unbranched alkanes of at least 4 members (excludes halogenated alkanes) is 13. The summed E-state index contributed by atoms with van der Waals surface area (Å²) in [6.07, 6.45) is 19.5. The standard InChI is InChI=1S/C30H58N2O/c1-8-9-10-11-12-13-14-15-16-17-18-19-20-21-22-33-30-24-28(26-31(2,3)4)23-29(25-30)27-32(5,6)7/h23-25H,8-22,26-27H2,1-7H3/q+2. The second-order valence-electron chi connectivity index (χ2n) is 12.3. The molecule has 0 saturated heterocycles. The van der Waals surface area contributed by atoms with Crippen LogP contribution in [-0.4, -0.2) is 57.9 Å². The van der Waals surface area contributed by atoms with E-state index >= 15 is 0 Å². The first-order valence-corrected chi connectivity index (χ1v) is 14.0. The molecule has 0 fully saturated rings. The van der Waals surface area contributed by atoms with Crippen LogP contribution in [0.1, 0.15) is 108 Å². The minimum absolute atomic E-state index is 0.843. The van der Waals surface area contributed by atoms with E-state index in [4.69, 9.17) is 4.74 Å². The molecule has 0 heterocycles. The molecule has 1 aromatic rings. The molecule has 0 saturated carbocycles. The molecular formula is C30H58N2O+2. The van der Waals surface area contributed by atoms with Crippen molar-refractivity contribution in [3.05, 3.63) is 29.3 Å². The van der Waals surface area contributed by atoms with E-state index in [-0.39, 0.29) is 0 Å². The molecular weight excluding hydrogens is 404 g/mol. The zero-order valence-electron chi connectivity index (χ0n) is 23.6. The number of quaternary nitrogens is 2. The zero-order valence-corrected chi connectivity index (χ0v) is 23.6.